The second-order valence-corrected chi connectivity index (χ2v) is 17.8. The third-order valence-electron chi connectivity index (χ3n) is 14.5. The van der Waals surface area contributed by atoms with Gasteiger partial charge in [-0.3, -0.25) is 0 Å². The minimum absolute atomic E-state index is 0.345. The van der Waals surface area contributed by atoms with Crippen LogP contribution in [0, 0.1) is 17.8 Å². The summed E-state index contributed by atoms with van der Waals surface area (Å²) in [7, 11) is 0. The molecular formula is C54H41N3O. The Morgan fingerprint density at radius 2 is 0.914 bits per heavy atom. The number of fused-ring (bicyclic) bond motifs is 10. The molecule has 6 aliphatic rings. The van der Waals surface area contributed by atoms with E-state index >= 15 is 0 Å². The van der Waals surface area contributed by atoms with Crippen LogP contribution >= 0.6 is 0 Å². The molecule has 2 heterocycles. The fraction of sp³-hybridized carbons (Fsp3) is 0.204. The van der Waals surface area contributed by atoms with Gasteiger partial charge in [-0.2, -0.15) is 0 Å². The second kappa shape index (κ2) is 12.1. The Balaban J connectivity index is 0.976. The number of ether oxygens (including phenoxy) is 1. The molecule has 8 aromatic rings. The predicted octanol–water partition coefficient (Wildman–Crippen LogP) is 13.0. The molecule has 4 nitrogen and oxygen atoms in total. The number of hydrogen-bond acceptors (Lipinski definition) is 4. The quantitative estimate of drug-likeness (QED) is 0.180. The topological polar surface area (TPSA) is 47.9 Å². The normalized spacial score (nSPS) is 22.6. The molecule has 0 radical (unpaired) electrons. The monoisotopic (exact) mass is 747 g/mol. The van der Waals surface area contributed by atoms with Crippen molar-refractivity contribution in [1.29, 1.82) is 0 Å². The molecule has 0 saturated heterocycles. The summed E-state index contributed by atoms with van der Waals surface area (Å²) in [6.07, 6.45) is 8.42. The van der Waals surface area contributed by atoms with Gasteiger partial charge in [-0.1, -0.05) is 133 Å². The lowest BCUT2D eigenvalue weighted by atomic mass is 9.48. The van der Waals surface area contributed by atoms with E-state index in [-0.39, 0.29) is 0 Å². The van der Waals surface area contributed by atoms with E-state index < -0.39 is 5.41 Å². The molecule has 1 aliphatic heterocycles. The zero-order valence-electron chi connectivity index (χ0n) is 32.2. The largest absolute Gasteiger partial charge is 0.457 e. The third-order valence-corrected chi connectivity index (χ3v) is 14.5. The highest BCUT2D eigenvalue weighted by Gasteiger charge is 2.52. The molecule has 58 heavy (non-hydrogen) atoms. The van der Waals surface area contributed by atoms with E-state index in [1.54, 1.807) is 0 Å². The van der Waals surface area contributed by atoms with Crippen LogP contribution in [0.3, 0.4) is 0 Å². The summed E-state index contributed by atoms with van der Waals surface area (Å²) in [4.78, 5) is 15.8. The van der Waals surface area contributed by atoms with Crippen LogP contribution in [0.4, 0.5) is 0 Å². The van der Waals surface area contributed by atoms with Gasteiger partial charge in [-0.25, -0.2) is 15.0 Å². The maximum absolute atomic E-state index is 6.57. The molecule has 4 saturated carbocycles. The zero-order chi connectivity index (χ0) is 38.0. The van der Waals surface area contributed by atoms with Gasteiger partial charge in [-0.15, -0.1) is 0 Å². The smallest absolute Gasteiger partial charge is 0.164 e. The highest BCUT2D eigenvalue weighted by atomic mass is 16.5. The number of para-hydroxylation sites is 2. The highest BCUT2D eigenvalue weighted by molar-refractivity contribution is 5.91. The Kier molecular flexibility index (Phi) is 6.80. The van der Waals surface area contributed by atoms with Crippen molar-refractivity contribution in [2.24, 2.45) is 17.8 Å². The first-order chi connectivity index (χ1) is 28.6. The molecule has 14 rings (SSSR count). The van der Waals surface area contributed by atoms with Crippen molar-refractivity contribution in [3.8, 4) is 56.8 Å². The molecule has 0 atom stereocenters. The maximum Gasteiger partial charge on any atom is 0.164 e. The van der Waals surface area contributed by atoms with Crippen LogP contribution in [0.5, 0.6) is 11.5 Å². The predicted molar refractivity (Wildman–Crippen MR) is 231 cm³/mol. The SMILES string of the molecule is c1ccc2c(c1)Oc1ccccc1C21c2ccccc2-c2cc(-c3nc(-c4ccc(C56CC7CC(CC(C7)C5)C6)cc4)nc(-c4ccc5ccccc5c4)n3)ccc21. The number of rotatable bonds is 4. The summed E-state index contributed by atoms with van der Waals surface area (Å²) >= 11 is 0. The summed E-state index contributed by atoms with van der Waals surface area (Å²) in [5.74, 6) is 6.57. The van der Waals surface area contributed by atoms with E-state index in [1.807, 2.05) is 0 Å². The Morgan fingerprint density at radius 3 is 1.59 bits per heavy atom. The number of benzene rings is 7. The molecule has 0 unspecified atom stereocenters. The van der Waals surface area contributed by atoms with Crippen molar-refractivity contribution in [3.05, 3.63) is 186 Å². The Labute approximate surface area is 338 Å². The fourth-order valence-electron chi connectivity index (χ4n) is 12.5. The lowest BCUT2D eigenvalue weighted by Gasteiger charge is -2.57. The van der Waals surface area contributed by atoms with E-state index in [2.05, 4.69) is 158 Å². The first-order valence-electron chi connectivity index (χ1n) is 21.1. The van der Waals surface area contributed by atoms with Crippen molar-refractivity contribution in [2.45, 2.75) is 49.4 Å². The average Bonchev–Trinajstić information content (AvgIpc) is 3.55. The van der Waals surface area contributed by atoms with Crippen LogP contribution in [0.25, 0.3) is 56.1 Å². The molecule has 0 N–H and O–H groups in total. The molecule has 4 heteroatoms. The number of hydrogen-bond donors (Lipinski definition) is 0. The average molecular weight is 748 g/mol. The summed E-state index contributed by atoms with van der Waals surface area (Å²) in [5, 5.41) is 2.36. The second-order valence-electron chi connectivity index (χ2n) is 17.8. The lowest BCUT2D eigenvalue weighted by Crippen LogP contribution is -2.48. The molecule has 7 aromatic carbocycles. The first kappa shape index (κ1) is 32.7. The van der Waals surface area contributed by atoms with E-state index in [0.29, 0.717) is 22.9 Å². The molecule has 5 aliphatic carbocycles. The minimum Gasteiger partial charge on any atom is -0.457 e. The minimum atomic E-state index is -0.519. The van der Waals surface area contributed by atoms with Crippen molar-refractivity contribution in [1.82, 2.24) is 15.0 Å². The highest BCUT2D eigenvalue weighted by Crippen LogP contribution is 2.63. The molecule has 278 valence electrons. The van der Waals surface area contributed by atoms with Gasteiger partial charge >= 0.3 is 0 Å². The van der Waals surface area contributed by atoms with Gasteiger partial charge in [0, 0.05) is 27.8 Å². The zero-order valence-corrected chi connectivity index (χ0v) is 32.2. The molecule has 4 fully saturated rings. The van der Waals surface area contributed by atoms with Crippen molar-refractivity contribution in [2.75, 3.05) is 0 Å². The summed E-state index contributed by atoms with van der Waals surface area (Å²) < 4.78 is 6.57. The Hall–Kier alpha value is -6.39. The van der Waals surface area contributed by atoms with Crippen LogP contribution in [0.1, 0.15) is 66.3 Å². The van der Waals surface area contributed by atoms with E-state index in [0.717, 1.165) is 57.1 Å². The van der Waals surface area contributed by atoms with Gasteiger partial charge in [-0.05, 0) is 125 Å². The van der Waals surface area contributed by atoms with Crippen LogP contribution in [-0.2, 0) is 10.8 Å². The van der Waals surface area contributed by atoms with E-state index in [4.69, 9.17) is 19.7 Å². The van der Waals surface area contributed by atoms with Gasteiger partial charge in [0.25, 0.3) is 0 Å². The Morgan fingerprint density at radius 1 is 0.414 bits per heavy atom. The van der Waals surface area contributed by atoms with Crippen molar-refractivity contribution in [3.63, 3.8) is 0 Å². The molecule has 4 bridgehead atoms. The first-order valence-corrected chi connectivity index (χ1v) is 21.1. The standard InChI is InChI=1S/C54H41N3O/c1-2-10-38-28-39(18-17-36(38)9-1)51-55-50(37-19-22-41(23-20-37)53-30-33-25-34(31-53)27-35(26-33)32-53)56-52(57-51)40-21-24-45-43(29-40)42-11-3-4-12-44(42)54(45)46-13-5-7-15-48(46)58-49-16-8-6-14-47(49)54/h1-24,28-29,33-35H,25-27,30-32H2. The van der Waals surface area contributed by atoms with E-state index in [9.17, 15) is 0 Å². The van der Waals surface area contributed by atoms with Crippen LogP contribution < -0.4 is 4.74 Å². The molecule has 1 aromatic heterocycles. The van der Waals surface area contributed by atoms with Crippen LogP contribution in [0.2, 0.25) is 0 Å². The Bertz CT molecular complexity index is 2900. The molecule has 1 spiro atoms. The summed E-state index contributed by atoms with van der Waals surface area (Å²) in [6, 6.07) is 57.1. The lowest BCUT2D eigenvalue weighted by molar-refractivity contribution is -0.00518. The van der Waals surface area contributed by atoms with Gasteiger partial charge in [0.2, 0.25) is 0 Å². The third kappa shape index (κ3) is 4.66. The number of nitrogens with zero attached hydrogens (tertiary/aromatic N) is 3. The van der Waals surface area contributed by atoms with Crippen molar-refractivity contribution < 1.29 is 4.74 Å². The van der Waals surface area contributed by atoms with Crippen LogP contribution in [0.15, 0.2) is 158 Å². The van der Waals surface area contributed by atoms with Gasteiger partial charge in [0.1, 0.15) is 11.5 Å². The fourth-order valence-corrected chi connectivity index (χ4v) is 12.5. The molecule has 0 amide bonds. The van der Waals surface area contributed by atoms with Crippen molar-refractivity contribution >= 4 is 10.8 Å². The van der Waals surface area contributed by atoms with Gasteiger partial charge in [0.05, 0.1) is 5.41 Å². The summed E-state index contributed by atoms with van der Waals surface area (Å²) in [5.41, 5.74) is 11.5. The molecular weight excluding hydrogens is 707 g/mol. The number of aromatic nitrogens is 3. The van der Waals surface area contributed by atoms with Gasteiger partial charge in [0.15, 0.2) is 17.5 Å². The van der Waals surface area contributed by atoms with Gasteiger partial charge < -0.3 is 4.74 Å². The maximum atomic E-state index is 6.57. The van der Waals surface area contributed by atoms with Crippen LogP contribution in [-0.4, -0.2) is 15.0 Å². The summed E-state index contributed by atoms with van der Waals surface area (Å²) in [6.45, 7) is 0. The van der Waals surface area contributed by atoms with E-state index in [1.165, 1.54) is 77.1 Å².